The van der Waals surface area contributed by atoms with Gasteiger partial charge in [-0.3, -0.25) is 14.0 Å². The van der Waals surface area contributed by atoms with Crippen molar-refractivity contribution in [3.63, 3.8) is 0 Å². The van der Waals surface area contributed by atoms with Gasteiger partial charge in [0.1, 0.15) is 5.75 Å². The lowest BCUT2D eigenvalue weighted by Crippen LogP contribution is -2.15. The molecule has 168 valence electrons. The number of nitrogens with zero attached hydrogens (tertiary/aromatic N) is 3. The molecule has 2 heterocycles. The number of methoxy groups -OCH3 is 1. The van der Waals surface area contributed by atoms with E-state index in [4.69, 9.17) is 16.3 Å². The van der Waals surface area contributed by atoms with Crippen LogP contribution in [0.25, 0.3) is 5.65 Å². The summed E-state index contributed by atoms with van der Waals surface area (Å²) in [6.07, 6.45) is 1.65. The fraction of sp³-hybridized carbons (Fsp3) is 0.130. The maximum absolute atomic E-state index is 12.7. The number of carbonyl (C=O) groups excluding carboxylic acids is 2. The van der Waals surface area contributed by atoms with Gasteiger partial charge in [-0.2, -0.15) is 0 Å². The SMILES string of the molecule is COc1ccc(Cl)cc1NC(=O)CSc1nnc2ccc(C(=O)Nc3cccc(C)c3)cn12. The lowest BCUT2D eigenvalue weighted by molar-refractivity contribution is -0.113. The van der Waals surface area contributed by atoms with Crippen molar-refractivity contribution in [1.29, 1.82) is 0 Å². The van der Waals surface area contributed by atoms with Gasteiger partial charge < -0.3 is 15.4 Å². The lowest BCUT2D eigenvalue weighted by atomic mass is 10.2. The molecule has 2 aromatic carbocycles. The number of fused-ring (bicyclic) bond motifs is 1. The second-order valence-corrected chi connectivity index (χ2v) is 8.51. The molecule has 0 aliphatic rings. The number of thioether (sulfide) groups is 1. The van der Waals surface area contributed by atoms with Gasteiger partial charge in [-0.15, -0.1) is 10.2 Å². The van der Waals surface area contributed by atoms with Crippen molar-refractivity contribution in [3.05, 3.63) is 76.9 Å². The fourth-order valence-electron chi connectivity index (χ4n) is 3.12. The van der Waals surface area contributed by atoms with Crippen LogP contribution in [0, 0.1) is 6.92 Å². The molecule has 4 rings (SSSR count). The first-order valence-electron chi connectivity index (χ1n) is 9.92. The molecule has 2 N–H and O–H groups in total. The van der Waals surface area contributed by atoms with Gasteiger partial charge in [0, 0.05) is 16.9 Å². The average Bonchev–Trinajstić information content (AvgIpc) is 3.20. The summed E-state index contributed by atoms with van der Waals surface area (Å²) in [5, 5.41) is 14.9. The van der Waals surface area contributed by atoms with Crippen molar-refractivity contribution < 1.29 is 14.3 Å². The van der Waals surface area contributed by atoms with Crippen LogP contribution in [0.5, 0.6) is 5.75 Å². The number of aryl methyl sites for hydroxylation is 1. The van der Waals surface area contributed by atoms with E-state index in [0.29, 0.717) is 38.5 Å². The number of anilines is 2. The zero-order chi connectivity index (χ0) is 23.4. The number of benzene rings is 2. The second kappa shape index (κ2) is 9.93. The quantitative estimate of drug-likeness (QED) is 0.372. The maximum atomic E-state index is 12.7. The normalized spacial score (nSPS) is 10.8. The van der Waals surface area contributed by atoms with Crippen molar-refractivity contribution in [2.24, 2.45) is 0 Å². The molecule has 0 aliphatic heterocycles. The molecule has 0 aliphatic carbocycles. The third-order valence-corrected chi connectivity index (χ3v) is 5.86. The van der Waals surface area contributed by atoms with Crippen molar-refractivity contribution in [2.75, 3.05) is 23.5 Å². The van der Waals surface area contributed by atoms with Crippen molar-refractivity contribution in [3.8, 4) is 5.75 Å². The first-order valence-corrected chi connectivity index (χ1v) is 11.3. The number of aromatic nitrogens is 3. The van der Waals surface area contributed by atoms with Gasteiger partial charge in [-0.1, -0.05) is 35.5 Å². The Hall–Kier alpha value is -3.56. The van der Waals surface area contributed by atoms with Gasteiger partial charge >= 0.3 is 0 Å². The van der Waals surface area contributed by atoms with Crippen LogP contribution in [0.1, 0.15) is 15.9 Å². The predicted octanol–water partition coefficient (Wildman–Crippen LogP) is 4.68. The molecule has 0 atom stereocenters. The van der Waals surface area contributed by atoms with E-state index in [1.165, 1.54) is 18.9 Å². The standard InChI is InChI=1S/C23H20ClN5O3S/c1-14-4-3-5-17(10-14)25-22(31)15-6-9-20-27-28-23(29(20)12-15)33-13-21(30)26-18-11-16(24)7-8-19(18)32-2/h3-12H,13H2,1-2H3,(H,25,31)(H,26,30). The van der Waals surface area contributed by atoms with Gasteiger partial charge in [0.2, 0.25) is 5.91 Å². The van der Waals surface area contributed by atoms with Crippen LogP contribution in [-0.4, -0.2) is 39.3 Å². The summed E-state index contributed by atoms with van der Waals surface area (Å²) in [7, 11) is 1.52. The molecule has 33 heavy (non-hydrogen) atoms. The zero-order valence-corrected chi connectivity index (χ0v) is 19.4. The summed E-state index contributed by atoms with van der Waals surface area (Å²) in [5.74, 6) is 0.0782. The largest absolute Gasteiger partial charge is 0.495 e. The van der Waals surface area contributed by atoms with E-state index in [-0.39, 0.29) is 17.6 Å². The first-order chi connectivity index (χ1) is 15.9. The van der Waals surface area contributed by atoms with Gasteiger partial charge in [0.15, 0.2) is 10.8 Å². The third-order valence-electron chi connectivity index (χ3n) is 4.68. The average molecular weight is 482 g/mol. The fourth-order valence-corrected chi connectivity index (χ4v) is 4.01. The summed E-state index contributed by atoms with van der Waals surface area (Å²) in [5.41, 5.74) is 3.26. The minimum absolute atomic E-state index is 0.0795. The molecule has 0 saturated carbocycles. The molecule has 10 heteroatoms. The molecule has 0 radical (unpaired) electrons. The summed E-state index contributed by atoms with van der Waals surface area (Å²) >= 11 is 7.21. The Morgan fingerprint density at radius 3 is 2.73 bits per heavy atom. The number of ether oxygens (including phenoxy) is 1. The number of pyridine rings is 1. The second-order valence-electron chi connectivity index (χ2n) is 7.13. The highest BCUT2D eigenvalue weighted by atomic mass is 35.5. The molecule has 0 spiro atoms. The van der Waals surface area contributed by atoms with Gasteiger partial charge in [-0.25, -0.2) is 0 Å². The van der Waals surface area contributed by atoms with E-state index in [9.17, 15) is 9.59 Å². The maximum Gasteiger partial charge on any atom is 0.257 e. The predicted molar refractivity (Wildman–Crippen MR) is 129 cm³/mol. The Bertz CT molecular complexity index is 1340. The number of nitrogens with one attached hydrogen (secondary N) is 2. The van der Waals surface area contributed by atoms with E-state index in [1.807, 2.05) is 31.2 Å². The Kier molecular flexibility index (Phi) is 6.81. The van der Waals surface area contributed by atoms with Crippen LogP contribution >= 0.6 is 23.4 Å². The highest BCUT2D eigenvalue weighted by molar-refractivity contribution is 7.99. The molecule has 0 saturated heterocycles. The molecule has 0 fully saturated rings. The Morgan fingerprint density at radius 1 is 1.09 bits per heavy atom. The van der Waals surface area contributed by atoms with Crippen LogP contribution in [0.15, 0.2) is 66.0 Å². The minimum Gasteiger partial charge on any atom is -0.495 e. The number of hydrogen-bond acceptors (Lipinski definition) is 6. The highest BCUT2D eigenvalue weighted by Gasteiger charge is 2.14. The smallest absolute Gasteiger partial charge is 0.257 e. The van der Waals surface area contributed by atoms with E-state index in [2.05, 4.69) is 20.8 Å². The van der Waals surface area contributed by atoms with E-state index in [1.54, 1.807) is 40.9 Å². The van der Waals surface area contributed by atoms with Crippen molar-refractivity contribution in [1.82, 2.24) is 14.6 Å². The summed E-state index contributed by atoms with van der Waals surface area (Å²) < 4.78 is 6.93. The van der Waals surface area contributed by atoms with Crippen LogP contribution in [0.2, 0.25) is 5.02 Å². The van der Waals surface area contributed by atoms with Crippen molar-refractivity contribution >= 4 is 52.2 Å². The van der Waals surface area contributed by atoms with E-state index < -0.39 is 0 Å². The number of carbonyl (C=O) groups is 2. The Morgan fingerprint density at radius 2 is 1.94 bits per heavy atom. The van der Waals surface area contributed by atoms with Crippen LogP contribution in [-0.2, 0) is 4.79 Å². The third kappa shape index (κ3) is 5.44. The number of halogens is 1. The minimum atomic E-state index is -0.259. The van der Waals surface area contributed by atoms with E-state index >= 15 is 0 Å². The highest BCUT2D eigenvalue weighted by Crippen LogP contribution is 2.28. The van der Waals surface area contributed by atoms with Crippen molar-refractivity contribution in [2.45, 2.75) is 12.1 Å². The van der Waals surface area contributed by atoms with E-state index in [0.717, 1.165) is 5.56 Å². The molecule has 0 bridgehead atoms. The number of amides is 2. The number of rotatable bonds is 7. The summed E-state index contributed by atoms with van der Waals surface area (Å²) in [6, 6.07) is 15.9. The lowest BCUT2D eigenvalue weighted by Gasteiger charge is -2.10. The Labute approximate surface area is 199 Å². The zero-order valence-electron chi connectivity index (χ0n) is 17.8. The van der Waals surface area contributed by atoms with Crippen LogP contribution in [0.4, 0.5) is 11.4 Å². The van der Waals surface area contributed by atoms with Crippen LogP contribution in [0.3, 0.4) is 0 Å². The monoisotopic (exact) mass is 481 g/mol. The van der Waals surface area contributed by atoms with Gasteiger partial charge in [0.25, 0.3) is 5.91 Å². The molecular weight excluding hydrogens is 462 g/mol. The Balaban J connectivity index is 1.46. The first kappa shape index (κ1) is 22.6. The summed E-state index contributed by atoms with van der Waals surface area (Å²) in [4.78, 5) is 25.2. The molecule has 0 unspecified atom stereocenters. The molecule has 2 amide bonds. The molecule has 8 nitrogen and oxygen atoms in total. The topological polar surface area (TPSA) is 97.6 Å². The molecular formula is C23H20ClN5O3S. The van der Waals surface area contributed by atoms with Gasteiger partial charge in [-0.05, 0) is 55.0 Å². The molecule has 2 aromatic heterocycles. The summed E-state index contributed by atoms with van der Waals surface area (Å²) in [6.45, 7) is 1.96. The molecule has 4 aromatic rings. The van der Waals surface area contributed by atoms with Gasteiger partial charge in [0.05, 0.1) is 24.1 Å². The number of hydrogen-bond donors (Lipinski definition) is 2. The van der Waals surface area contributed by atoms with Crippen LogP contribution < -0.4 is 15.4 Å².